The quantitative estimate of drug-likeness (QED) is 0.626. The minimum Gasteiger partial charge on any atom is -0.396 e. The van der Waals surface area contributed by atoms with Crippen molar-refractivity contribution in [1.82, 2.24) is 4.98 Å². The molecule has 1 aromatic rings. The van der Waals surface area contributed by atoms with Gasteiger partial charge in [0.1, 0.15) is 5.82 Å². The zero-order valence-corrected chi connectivity index (χ0v) is 8.63. The molecule has 0 atom stereocenters. The first-order valence-corrected chi connectivity index (χ1v) is 4.61. The molecule has 68 valence electrons. The normalized spacial score (nSPS) is 9.23. The van der Waals surface area contributed by atoms with Crippen LogP contribution in [0.3, 0.4) is 0 Å². The Morgan fingerprint density at radius 1 is 1.69 bits per heavy atom. The Kier molecular flexibility index (Phi) is 3.59. The van der Waals surface area contributed by atoms with Gasteiger partial charge < -0.3 is 11.1 Å². The summed E-state index contributed by atoms with van der Waals surface area (Å²) in [5.74, 6) is 3.21. The zero-order chi connectivity index (χ0) is 9.68. The van der Waals surface area contributed by atoms with Crippen LogP contribution in [0.15, 0.2) is 16.7 Å². The molecule has 0 fully saturated rings. The van der Waals surface area contributed by atoms with E-state index in [1.165, 1.54) is 0 Å². The predicted octanol–water partition coefficient (Wildman–Crippen LogP) is 1.86. The van der Waals surface area contributed by atoms with E-state index in [9.17, 15) is 0 Å². The third kappa shape index (κ3) is 2.96. The minimum absolute atomic E-state index is 0.617. The first-order valence-electron chi connectivity index (χ1n) is 3.82. The lowest BCUT2D eigenvalue weighted by Crippen LogP contribution is -2.05. The van der Waals surface area contributed by atoms with Crippen molar-refractivity contribution in [1.29, 1.82) is 0 Å². The maximum absolute atomic E-state index is 5.70. The number of nitrogen functional groups attached to an aromatic ring is 1. The Bertz CT molecular complexity index is 330. The van der Waals surface area contributed by atoms with Crippen molar-refractivity contribution < 1.29 is 0 Å². The number of nitrogens with two attached hydrogens (primary N) is 1. The van der Waals surface area contributed by atoms with Gasteiger partial charge in [0.2, 0.25) is 0 Å². The van der Waals surface area contributed by atoms with Crippen LogP contribution in [-0.4, -0.2) is 11.5 Å². The summed E-state index contributed by atoms with van der Waals surface area (Å²) >= 11 is 3.28. The molecule has 1 heterocycles. The van der Waals surface area contributed by atoms with Crippen LogP contribution in [0.1, 0.15) is 6.42 Å². The molecule has 0 saturated carbocycles. The highest BCUT2D eigenvalue weighted by Gasteiger charge is 1.99. The largest absolute Gasteiger partial charge is 0.396 e. The standard InChI is InChI=1S/C9H10BrN3/c1-2-3-4-12-9-8(11)5-7(10)6-13-9/h1,5-6H,3-4,11H2,(H,12,13). The summed E-state index contributed by atoms with van der Waals surface area (Å²) in [5, 5.41) is 3.04. The van der Waals surface area contributed by atoms with Crippen molar-refractivity contribution in [3.63, 3.8) is 0 Å². The van der Waals surface area contributed by atoms with E-state index in [4.69, 9.17) is 12.2 Å². The maximum atomic E-state index is 5.70. The number of rotatable bonds is 3. The summed E-state index contributed by atoms with van der Waals surface area (Å²) in [5.41, 5.74) is 6.31. The number of nitrogens with one attached hydrogen (secondary N) is 1. The second-order valence-corrected chi connectivity index (χ2v) is 3.39. The molecule has 0 spiro atoms. The SMILES string of the molecule is C#CCCNc1ncc(Br)cc1N. The number of anilines is 2. The van der Waals surface area contributed by atoms with Gasteiger partial charge in [-0.1, -0.05) is 0 Å². The number of hydrogen-bond acceptors (Lipinski definition) is 3. The van der Waals surface area contributed by atoms with Crippen molar-refractivity contribution in [2.75, 3.05) is 17.6 Å². The highest BCUT2D eigenvalue weighted by molar-refractivity contribution is 9.10. The molecule has 0 aliphatic carbocycles. The number of terminal acetylenes is 1. The average molecular weight is 240 g/mol. The van der Waals surface area contributed by atoms with Gasteiger partial charge in [0.15, 0.2) is 0 Å². The van der Waals surface area contributed by atoms with Crippen LogP contribution in [0.4, 0.5) is 11.5 Å². The first kappa shape index (κ1) is 9.87. The lowest BCUT2D eigenvalue weighted by atomic mass is 10.4. The molecule has 4 heteroatoms. The Morgan fingerprint density at radius 3 is 3.08 bits per heavy atom. The Morgan fingerprint density at radius 2 is 2.46 bits per heavy atom. The lowest BCUT2D eigenvalue weighted by Gasteiger charge is -2.06. The molecule has 0 aliphatic heterocycles. The molecule has 0 amide bonds. The van der Waals surface area contributed by atoms with Crippen LogP contribution >= 0.6 is 15.9 Å². The van der Waals surface area contributed by atoms with Crippen molar-refractivity contribution in [2.45, 2.75) is 6.42 Å². The molecule has 3 nitrogen and oxygen atoms in total. The molecule has 1 aromatic heterocycles. The second kappa shape index (κ2) is 4.73. The number of hydrogen-bond donors (Lipinski definition) is 2. The summed E-state index contributed by atoms with van der Waals surface area (Å²) in [7, 11) is 0. The molecule has 0 aliphatic rings. The van der Waals surface area contributed by atoms with Crippen molar-refractivity contribution >= 4 is 27.4 Å². The van der Waals surface area contributed by atoms with Crippen LogP contribution in [-0.2, 0) is 0 Å². The fourth-order valence-corrected chi connectivity index (χ4v) is 1.20. The van der Waals surface area contributed by atoms with Gasteiger partial charge in [0.05, 0.1) is 5.69 Å². The monoisotopic (exact) mass is 239 g/mol. The highest BCUT2D eigenvalue weighted by atomic mass is 79.9. The molecule has 3 N–H and O–H groups in total. The molecule has 13 heavy (non-hydrogen) atoms. The topological polar surface area (TPSA) is 50.9 Å². The fraction of sp³-hybridized carbons (Fsp3) is 0.222. The van der Waals surface area contributed by atoms with E-state index in [2.05, 4.69) is 32.2 Å². The minimum atomic E-state index is 0.617. The lowest BCUT2D eigenvalue weighted by molar-refractivity contribution is 1.07. The van der Waals surface area contributed by atoms with E-state index < -0.39 is 0 Å². The third-order valence-electron chi connectivity index (χ3n) is 1.45. The van der Waals surface area contributed by atoms with Gasteiger partial charge in [-0.3, -0.25) is 0 Å². The fourth-order valence-electron chi connectivity index (χ4n) is 0.856. The summed E-state index contributed by atoms with van der Waals surface area (Å²) in [4.78, 5) is 4.10. The zero-order valence-electron chi connectivity index (χ0n) is 7.05. The van der Waals surface area contributed by atoms with E-state index in [1.807, 2.05) is 0 Å². The van der Waals surface area contributed by atoms with Gasteiger partial charge in [-0.05, 0) is 22.0 Å². The van der Waals surface area contributed by atoms with Gasteiger partial charge in [-0.2, -0.15) is 0 Å². The van der Waals surface area contributed by atoms with Crippen molar-refractivity contribution in [3.05, 3.63) is 16.7 Å². The average Bonchev–Trinajstić information content (AvgIpc) is 2.09. The van der Waals surface area contributed by atoms with Gasteiger partial charge in [0.25, 0.3) is 0 Å². The number of nitrogens with zero attached hydrogens (tertiary/aromatic N) is 1. The second-order valence-electron chi connectivity index (χ2n) is 2.47. The van der Waals surface area contributed by atoms with Gasteiger partial charge in [0, 0.05) is 23.6 Å². The molecule has 0 aromatic carbocycles. The first-order chi connectivity index (χ1) is 6.24. The number of halogens is 1. The predicted molar refractivity (Wildman–Crippen MR) is 58.3 cm³/mol. The van der Waals surface area contributed by atoms with E-state index >= 15 is 0 Å². The molecule has 0 saturated heterocycles. The molecular weight excluding hydrogens is 230 g/mol. The highest BCUT2D eigenvalue weighted by Crippen LogP contribution is 2.19. The summed E-state index contributed by atoms with van der Waals surface area (Å²) in [6, 6.07) is 1.80. The van der Waals surface area contributed by atoms with E-state index in [0.29, 0.717) is 24.5 Å². The molecule has 0 unspecified atom stereocenters. The molecule has 0 bridgehead atoms. The van der Waals surface area contributed by atoms with Crippen LogP contribution < -0.4 is 11.1 Å². The number of pyridine rings is 1. The maximum Gasteiger partial charge on any atom is 0.149 e. The summed E-state index contributed by atoms with van der Waals surface area (Å²) < 4.78 is 0.868. The summed E-state index contributed by atoms with van der Waals surface area (Å²) in [6.45, 7) is 0.690. The van der Waals surface area contributed by atoms with E-state index in [0.717, 1.165) is 4.47 Å². The van der Waals surface area contributed by atoms with Crippen molar-refractivity contribution in [3.8, 4) is 12.3 Å². The molecule has 1 rings (SSSR count). The Balaban J connectivity index is 2.62. The van der Waals surface area contributed by atoms with Gasteiger partial charge in [-0.25, -0.2) is 4.98 Å². The van der Waals surface area contributed by atoms with Crippen LogP contribution in [0, 0.1) is 12.3 Å². The Hall–Kier alpha value is -1.21. The van der Waals surface area contributed by atoms with Crippen LogP contribution in [0.2, 0.25) is 0 Å². The summed E-state index contributed by atoms with van der Waals surface area (Å²) in [6.07, 6.45) is 7.46. The van der Waals surface area contributed by atoms with Gasteiger partial charge in [-0.15, -0.1) is 12.3 Å². The Labute approximate surface area is 85.9 Å². The van der Waals surface area contributed by atoms with E-state index in [-0.39, 0.29) is 0 Å². The van der Waals surface area contributed by atoms with Crippen LogP contribution in [0.25, 0.3) is 0 Å². The smallest absolute Gasteiger partial charge is 0.149 e. The molecule has 0 radical (unpaired) electrons. The molecular formula is C9H10BrN3. The van der Waals surface area contributed by atoms with Gasteiger partial charge >= 0.3 is 0 Å². The number of aromatic nitrogens is 1. The van der Waals surface area contributed by atoms with E-state index in [1.54, 1.807) is 12.3 Å². The van der Waals surface area contributed by atoms with Crippen molar-refractivity contribution in [2.24, 2.45) is 0 Å². The third-order valence-corrected chi connectivity index (χ3v) is 1.88. The van der Waals surface area contributed by atoms with Crippen LogP contribution in [0.5, 0.6) is 0 Å².